The van der Waals surface area contributed by atoms with E-state index in [-0.39, 0.29) is 24.3 Å². The van der Waals surface area contributed by atoms with Crippen LogP contribution in [0.5, 0.6) is 5.75 Å². The number of amides is 2. The SMILES string of the molecule is CNC(=O)COc1cccc(CNC(=O)CCl)c1. The van der Waals surface area contributed by atoms with E-state index in [1.807, 2.05) is 6.07 Å². The molecule has 0 aromatic heterocycles. The van der Waals surface area contributed by atoms with E-state index in [1.165, 1.54) is 0 Å². The van der Waals surface area contributed by atoms with Crippen LogP contribution in [0, 0.1) is 0 Å². The zero-order valence-corrected chi connectivity index (χ0v) is 10.8. The fourth-order valence-electron chi connectivity index (χ4n) is 1.21. The summed E-state index contributed by atoms with van der Waals surface area (Å²) in [6.07, 6.45) is 0. The summed E-state index contributed by atoms with van der Waals surface area (Å²) < 4.78 is 5.28. The van der Waals surface area contributed by atoms with Crippen LogP contribution < -0.4 is 15.4 Å². The van der Waals surface area contributed by atoms with Gasteiger partial charge in [-0.05, 0) is 17.7 Å². The maximum Gasteiger partial charge on any atom is 0.257 e. The van der Waals surface area contributed by atoms with Crippen molar-refractivity contribution in [1.29, 1.82) is 0 Å². The second-order valence-corrected chi connectivity index (χ2v) is 3.79. The largest absolute Gasteiger partial charge is 0.484 e. The summed E-state index contributed by atoms with van der Waals surface area (Å²) in [4.78, 5) is 22.0. The van der Waals surface area contributed by atoms with Gasteiger partial charge in [0.15, 0.2) is 6.61 Å². The number of hydrogen-bond donors (Lipinski definition) is 2. The van der Waals surface area contributed by atoms with Crippen LogP contribution >= 0.6 is 11.6 Å². The molecule has 1 aromatic rings. The van der Waals surface area contributed by atoms with Gasteiger partial charge >= 0.3 is 0 Å². The zero-order valence-electron chi connectivity index (χ0n) is 10.0. The van der Waals surface area contributed by atoms with Crippen molar-refractivity contribution < 1.29 is 14.3 Å². The van der Waals surface area contributed by atoms with Crippen LogP contribution in [-0.4, -0.2) is 31.3 Å². The summed E-state index contributed by atoms with van der Waals surface area (Å²) in [6.45, 7) is 0.344. The third kappa shape index (κ3) is 5.05. The predicted molar refractivity (Wildman–Crippen MR) is 68.6 cm³/mol. The third-order valence-electron chi connectivity index (χ3n) is 2.16. The average Bonchev–Trinajstić information content (AvgIpc) is 2.42. The Morgan fingerprint density at radius 3 is 2.78 bits per heavy atom. The van der Waals surface area contributed by atoms with Crippen molar-refractivity contribution in [1.82, 2.24) is 10.6 Å². The van der Waals surface area contributed by atoms with Crippen molar-refractivity contribution >= 4 is 23.4 Å². The van der Waals surface area contributed by atoms with E-state index in [1.54, 1.807) is 25.2 Å². The van der Waals surface area contributed by atoms with E-state index in [9.17, 15) is 9.59 Å². The van der Waals surface area contributed by atoms with Crippen molar-refractivity contribution in [2.45, 2.75) is 6.54 Å². The number of benzene rings is 1. The number of ether oxygens (including phenoxy) is 1. The molecular formula is C12H15ClN2O3. The molecule has 98 valence electrons. The molecule has 0 aliphatic rings. The summed E-state index contributed by atoms with van der Waals surface area (Å²) in [5.74, 6) is 0.0905. The molecule has 2 amide bonds. The molecule has 0 spiro atoms. The lowest BCUT2D eigenvalue weighted by atomic mass is 10.2. The number of hydrogen-bond acceptors (Lipinski definition) is 3. The topological polar surface area (TPSA) is 67.4 Å². The summed E-state index contributed by atoms with van der Waals surface area (Å²) in [5.41, 5.74) is 0.878. The van der Waals surface area contributed by atoms with E-state index in [0.717, 1.165) is 5.56 Å². The van der Waals surface area contributed by atoms with Gasteiger partial charge in [-0.25, -0.2) is 0 Å². The predicted octanol–water partition coefficient (Wildman–Crippen LogP) is 0.666. The Bertz CT molecular complexity index is 388. The molecule has 0 fully saturated rings. The minimum atomic E-state index is -0.228. The smallest absolute Gasteiger partial charge is 0.257 e. The average molecular weight is 271 g/mol. The molecule has 0 unspecified atom stereocenters. The van der Waals surface area contributed by atoms with Crippen LogP contribution in [0.3, 0.4) is 0 Å². The number of halogens is 1. The van der Waals surface area contributed by atoms with Crippen LogP contribution in [0.25, 0.3) is 0 Å². The molecule has 0 saturated heterocycles. The first kappa shape index (κ1) is 14.3. The van der Waals surface area contributed by atoms with Gasteiger partial charge in [-0.1, -0.05) is 12.1 Å². The molecule has 0 atom stereocenters. The van der Waals surface area contributed by atoms with E-state index in [0.29, 0.717) is 12.3 Å². The Labute approximate surface area is 110 Å². The van der Waals surface area contributed by atoms with E-state index < -0.39 is 0 Å². The minimum Gasteiger partial charge on any atom is -0.484 e. The van der Waals surface area contributed by atoms with Crippen molar-refractivity contribution in [2.24, 2.45) is 0 Å². The van der Waals surface area contributed by atoms with Gasteiger partial charge in [0.2, 0.25) is 5.91 Å². The lowest BCUT2D eigenvalue weighted by Gasteiger charge is -2.08. The van der Waals surface area contributed by atoms with E-state index >= 15 is 0 Å². The summed E-state index contributed by atoms with van der Waals surface area (Å²) in [6, 6.07) is 7.15. The van der Waals surface area contributed by atoms with Gasteiger partial charge in [-0.3, -0.25) is 9.59 Å². The molecule has 6 heteroatoms. The number of carbonyl (C=O) groups excluding carboxylic acids is 2. The second kappa shape index (κ2) is 7.55. The lowest BCUT2D eigenvalue weighted by Crippen LogP contribution is -2.25. The molecule has 18 heavy (non-hydrogen) atoms. The first-order valence-corrected chi connectivity index (χ1v) is 5.94. The molecule has 0 saturated carbocycles. The number of nitrogens with one attached hydrogen (secondary N) is 2. The van der Waals surface area contributed by atoms with Gasteiger partial charge in [0, 0.05) is 13.6 Å². The van der Waals surface area contributed by atoms with E-state index in [2.05, 4.69) is 10.6 Å². The summed E-state index contributed by atoms with van der Waals surface area (Å²) >= 11 is 5.37. The second-order valence-electron chi connectivity index (χ2n) is 3.52. The van der Waals surface area contributed by atoms with Crippen LogP contribution in [-0.2, 0) is 16.1 Å². The van der Waals surface area contributed by atoms with Gasteiger partial charge in [-0.15, -0.1) is 11.6 Å². The standard InChI is InChI=1S/C12H15ClN2O3/c1-14-12(17)8-18-10-4-2-3-9(5-10)7-15-11(16)6-13/h2-5H,6-8H2,1H3,(H,14,17)(H,15,16). The Kier molecular flexibility index (Phi) is 6.00. The zero-order chi connectivity index (χ0) is 13.4. The van der Waals surface area contributed by atoms with Gasteiger partial charge in [0.1, 0.15) is 11.6 Å². The van der Waals surface area contributed by atoms with E-state index in [4.69, 9.17) is 16.3 Å². The Hall–Kier alpha value is -1.75. The fraction of sp³-hybridized carbons (Fsp3) is 0.333. The molecule has 0 aliphatic carbocycles. The highest BCUT2D eigenvalue weighted by molar-refractivity contribution is 6.27. The molecule has 5 nitrogen and oxygen atoms in total. The first-order valence-electron chi connectivity index (χ1n) is 5.40. The number of likely N-dealkylation sites (N-methyl/N-ethyl adjacent to an activating group) is 1. The van der Waals surface area contributed by atoms with Crippen LogP contribution in [0.1, 0.15) is 5.56 Å². The third-order valence-corrected chi connectivity index (χ3v) is 2.40. The van der Waals surface area contributed by atoms with Gasteiger partial charge < -0.3 is 15.4 Å². The Balaban J connectivity index is 2.51. The molecule has 1 aromatic carbocycles. The highest BCUT2D eigenvalue weighted by Gasteiger charge is 2.02. The van der Waals surface area contributed by atoms with Crippen molar-refractivity contribution in [3.8, 4) is 5.75 Å². The molecule has 0 radical (unpaired) electrons. The summed E-state index contributed by atoms with van der Waals surface area (Å²) in [5, 5.41) is 5.11. The molecule has 0 aliphatic heterocycles. The molecule has 1 rings (SSSR count). The number of rotatable bonds is 6. The normalized spacial score (nSPS) is 9.67. The lowest BCUT2D eigenvalue weighted by molar-refractivity contribution is -0.122. The maximum absolute atomic E-state index is 11.0. The van der Waals surface area contributed by atoms with Crippen LogP contribution in [0.15, 0.2) is 24.3 Å². The minimum absolute atomic E-state index is 0.0337. The van der Waals surface area contributed by atoms with Gasteiger partial charge in [0.25, 0.3) is 5.91 Å². The van der Waals surface area contributed by atoms with Gasteiger partial charge in [0.05, 0.1) is 0 Å². The number of carbonyl (C=O) groups is 2. The highest BCUT2D eigenvalue weighted by Crippen LogP contribution is 2.13. The molecular weight excluding hydrogens is 256 g/mol. The maximum atomic E-state index is 11.0. The van der Waals surface area contributed by atoms with Crippen molar-refractivity contribution in [3.05, 3.63) is 29.8 Å². The van der Waals surface area contributed by atoms with Crippen molar-refractivity contribution in [2.75, 3.05) is 19.5 Å². The molecule has 2 N–H and O–H groups in total. The Morgan fingerprint density at radius 1 is 1.33 bits per heavy atom. The summed E-state index contributed by atoms with van der Waals surface area (Å²) in [7, 11) is 1.55. The van der Waals surface area contributed by atoms with Crippen molar-refractivity contribution in [3.63, 3.8) is 0 Å². The highest BCUT2D eigenvalue weighted by atomic mass is 35.5. The quantitative estimate of drug-likeness (QED) is 0.747. The Morgan fingerprint density at radius 2 is 2.11 bits per heavy atom. The van der Waals surface area contributed by atoms with Gasteiger partial charge in [-0.2, -0.15) is 0 Å². The van der Waals surface area contributed by atoms with Crippen LogP contribution in [0.2, 0.25) is 0 Å². The molecule has 0 heterocycles. The first-order chi connectivity index (χ1) is 8.65. The fourth-order valence-corrected chi connectivity index (χ4v) is 1.31. The van der Waals surface area contributed by atoms with Crippen LogP contribution in [0.4, 0.5) is 0 Å². The molecule has 0 bridgehead atoms. The number of alkyl halides is 1. The monoisotopic (exact) mass is 270 g/mol.